The van der Waals surface area contributed by atoms with Crippen LogP contribution in [-0.2, 0) is 6.42 Å². The van der Waals surface area contributed by atoms with Crippen molar-refractivity contribution in [2.75, 3.05) is 0 Å². The number of fused-ring (bicyclic) bond motifs is 1. The summed E-state index contributed by atoms with van der Waals surface area (Å²) in [5.41, 5.74) is 9.74. The zero-order chi connectivity index (χ0) is 11.8. The molecule has 17 heavy (non-hydrogen) atoms. The van der Waals surface area contributed by atoms with Gasteiger partial charge in [-0.05, 0) is 36.5 Å². The van der Waals surface area contributed by atoms with Crippen molar-refractivity contribution in [3.8, 4) is 0 Å². The van der Waals surface area contributed by atoms with Crippen molar-refractivity contribution in [2.45, 2.75) is 24.8 Å². The van der Waals surface area contributed by atoms with Crippen LogP contribution >= 0.6 is 11.6 Å². The Morgan fingerprint density at radius 2 is 2.29 bits per heavy atom. The van der Waals surface area contributed by atoms with Gasteiger partial charge in [0.2, 0.25) is 0 Å². The number of nitrogens with zero attached hydrogens (tertiary/aromatic N) is 1. The standard InChI is InChI=1S/C13H14ClN3/c14-10-3-1-2-8(4-10)9-5-12(15)11-7-16-17-13(11)6-9/h1-4,7,9,12H,5-6,15H2,(H,16,17). The summed E-state index contributed by atoms with van der Waals surface area (Å²) in [6.45, 7) is 0. The van der Waals surface area contributed by atoms with Crippen LogP contribution in [0.2, 0.25) is 5.02 Å². The molecule has 0 spiro atoms. The highest BCUT2D eigenvalue weighted by Gasteiger charge is 2.27. The fraction of sp³-hybridized carbons (Fsp3) is 0.308. The van der Waals surface area contributed by atoms with Gasteiger partial charge < -0.3 is 5.73 Å². The van der Waals surface area contributed by atoms with Crippen LogP contribution in [0.5, 0.6) is 0 Å². The van der Waals surface area contributed by atoms with E-state index in [9.17, 15) is 0 Å². The maximum absolute atomic E-state index is 6.16. The fourth-order valence-corrected chi connectivity index (χ4v) is 2.78. The van der Waals surface area contributed by atoms with Crippen molar-refractivity contribution in [1.29, 1.82) is 0 Å². The molecule has 2 unspecified atom stereocenters. The van der Waals surface area contributed by atoms with E-state index < -0.39 is 0 Å². The number of rotatable bonds is 1. The lowest BCUT2D eigenvalue weighted by atomic mass is 9.81. The zero-order valence-electron chi connectivity index (χ0n) is 9.36. The largest absolute Gasteiger partial charge is 0.324 e. The van der Waals surface area contributed by atoms with Crippen LogP contribution in [0.1, 0.15) is 35.2 Å². The highest BCUT2D eigenvalue weighted by atomic mass is 35.5. The maximum atomic E-state index is 6.16. The van der Waals surface area contributed by atoms with Crippen LogP contribution in [0.15, 0.2) is 30.5 Å². The molecule has 0 saturated carbocycles. The molecule has 88 valence electrons. The summed E-state index contributed by atoms with van der Waals surface area (Å²) in [6.07, 6.45) is 3.75. The summed E-state index contributed by atoms with van der Waals surface area (Å²) in [4.78, 5) is 0. The third kappa shape index (κ3) is 1.96. The summed E-state index contributed by atoms with van der Waals surface area (Å²) >= 11 is 6.03. The Labute approximate surface area is 105 Å². The molecule has 0 aliphatic heterocycles. The van der Waals surface area contributed by atoms with E-state index in [0.29, 0.717) is 5.92 Å². The molecule has 1 aliphatic carbocycles. The van der Waals surface area contributed by atoms with Crippen molar-refractivity contribution in [3.63, 3.8) is 0 Å². The van der Waals surface area contributed by atoms with E-state index in [1.54, 1.807) is 0 Å². The lowest BCUT2D eigenvalue weighted by molar-refractivity contribution is 0.499. The van der Waals surface area contributed by atoms with E-state index in [-0.39, 0.29) is 6.04 Å². The Morgan fingerprint density at radius 3 is 3.12 bits per heavy atom. The molecule has 1 aliphatic rings. The molecule has 1 aromatic heterocycles. The molecular formula is C13H14ClN3. The average Bonchev–Trinajstić information content (AvgIpc) is 2.77. The normalized spacial score (nSPS) is 23.4. The zero-order valence-corrected chi connectivity index (χ0v) is 10.1. The molecule has 2 atom stereocenters. The van der Waals surface area contributed by atoms with Gasteiger partial charge in [-0.2, -0.15) is 5.10 Å². The van der Waals surface area contributed by atoms with E-state index in [4.69, 9.17) is 17.3 Å². The van der Waals surface area contributed by atoms with Gasteiger partial charge >= 0.3 is 0 Å². The summed E-state index contributed by atoms with van der Waals surface area (Å²) in [5, 5.41) is 7.89. The first-order chi connectivity index (χ1) is 8.24. The SMILES string of the molecule is NC1CC(c2cccc(Cl)c2)Cc2[nH]ncc21. The number of hydrogen-bond acceptors (Lipinski definition) is 2. The van der Waals surface area contributed by atoms with Gasteiger partial charge in [-0.25, -0.2) is 0 Å². The van der Waals surface area contributed by atoms with Gasteiger partial charge in [0.1, 0.15) is 0 Å². The van der Waals surface area contributed by atoms with Gasteiger partial charge in [0.25, 0.3) is 0 Å². The Hall–Kier alpha value is -1.32. The Bertz CT molecular complexity index is 535. The minimum atomic E-state index is 0.0708. The van der Waals surface area contributed by atoms with Crippen molar-refractivity contribution >= 4 is 11.6 Å². The lowest BCUT2D eigenvalue weighted by Crippen LogP contribution is -2.22. The smallest absolute Gasteiger partial charge is 0.0537 e. The summed E-state index contributed by atoms with van der Waals surface area (Å²) in [6, 6.07) is 8.10. The van der Waals surface area contributed by atoms with Gasteiger partial charge in [-0.15, -0.1) is 0 Å². The van der Waals surface area contributed by atoms with Crippen LogP contribution in [0.25, 0.3) is 0 Å². The Morgan fingerprint density at radius 1 is 1.41 bits per heavy atom. The van der Waals surface area contributed by atoms with Gasteiger partial charge in [0.15, 0.2) is 0 Å². The molecular weight excluding hydrogens is 234 g/mol. The Kier molecular flexibility index (Phi) is 2.65. The van der Waals surface area contributed by atoms with Crippen LogP contribution < -0.4 is 5.73 Å². The van der Waals surface area contributed by atoms with E-state index in [1.165, 1.54) is 5.56 Å². The number of H-pyrrole nitrogens is 1. The maximum Gasteiger partial charge on any atom is 0.0537 e. The molecule has 3 nitrogen and oxygen atoms in total. The molecule has 1 heterocycles. The lowest BCUT2D eigenvalue weighted by Gasteiger charge is -2.26. The quantitative estimate of drug-likeness (QED) is 0.814. The second-order valence-electron chi connectivity index (χ2n) is 4.60. The number of nitrogens with two attached hydrogens (primary N) is 1. The van der Waals surface area contributed by atoms with Crippen LogP contribution in [0, 0.1) is 0 Å². The van der Waals surface area contributed by atoms with Gasteiger partial charge in [0, 0.05) is 22.3 Å². The molecule has 0 fully saturated rings. The van der Waals surface area contributed by atoms with E-state index in [2.05, 4.69) is 16.3 Å². The second-order valence-corrected chi connectivity index (χ2v) is 5.04. The minimum absolute atomic E-state index is 0.0708. The third-order valence-electron chi connectivity index (χ3n) is 3.46. The summed E-state index contributed by atoms with van der Waals surface area (Å²) < 4.78 is 0. The van der Waals surface area contributed by atoms with Crippen molar-refractivity contribution in [1.82, 2.24) is 10.2 Å². The van der Waals surface area contributed by atoms with Crippen molar-refractivity contribution in [3.05, 3.63) is 52.3 Å². The van der Waals surface area contributed by atoms with Crippen LogP contribution in [-0.4, -0.2) is 10.2 Å². The average molecular weight is 248 g/mol. The minimum Gasteiger partial charge on any atom is -0.324 e. The third-order valence-corrected chi connectivity index (χ3v) is 3.70. The van der Waals surface area contributed by atoms with Crippen LogP contribution in [0.4, 0.5) is 0 Å². The number of nitrogens with one attached hydrogen (secondary N) is 1. The molecule has 0 radical (unpaired) electrons. The van der Waals surface area contributed by atoms with Crippen molar-refractivity contribution in [2.24, 2.45) is 5.73 Å². The fourth-order valence-electron chi connectivity index (χ4n) is 2.58. The van der Waals surface area contributed by atoms with E-state index in [0.717, 1.165) is 29.1 Å². The highest BCUT2D eigenvalue weighted by Crippen LogP contribution is 2.36. The topological polar surface area (TPSA) is 54.7 Å². The summed E-state index contributed by atoms with van der Waals surface area (Å²) in [5.74, 6) is 0.427. The van der Waals surface area contributed by atoms with Crippen LogP contribution in [0.3, 0.4) is 0 Å². The first-order valence-corrected chi connectivity index (χ1v) is 6.15. The number of aromatic nitrogens is 2. The second kappa shape index (κ2) is 4.17. The van der Waals surface area contributed by atoms with E-state index in [1.807, 2.05) is 24.4 Å². The number of halogens is 1. The number of benzene rings is 1. The molecule has 3 rings (SSSR count). The Balaban J connectivity index is 1.93. The van der Waals surface area contributed by atoms with Gasteiger partial charge in [-0.1, -0.05) is 23.7 Å². The highest BCUT2D eigenvalue weighted by molar-refractivity contribution is 6.30. The van der Waals surface area contributed by atoms with Gasteiger partial charge in [-0.3, -0.25) is 5.10 Å². The molecule has 3 N–H and O–H groups in total. The molecule has 0 bridgehead atoms. The van der Waals surface area contributed by atoms with Crippen molar-refractivity contribution < 1.29 is 0 Å². The number of aromatic amines is 1. The summed E-state index contributed by atoms with van der Waals surface area (Å²) in [7, 11) is 0. The van der Waals surface area contributed by atoms with Gasteiger partial charge in [0.05, 0.1) is 6.20 Å². The monoisotopic (exact) mass is 247 g/mol. The molecule has 0 amide bonds. The first-order valence-electron chi connectivity index (χ1n) is 5.77. The first kappa shape index (κ1) is 10.8. The molecule has 0 saturated heterocycles. The molecule has 4 heteroatoms. The number of hydrogen-bond donors (Lipinski definition) is 2. The molecule has 1 aromatic carbocycles. The predicted octanol–water partition coefficient (Wildman–Crippen LogP) is 2.79. The van der Waals surface area contributed by atoms with E-state index >= 15 is 0 Å². The molecule has 2 aromatic rings. The predicted molar refractivity (Wildman–Crippen MR) is 68.0 cm³/mol.